The Morgan fingerprint density at radius 3 is 2.04 bits per heavy atom. The van der Waals surface area contributed by atoms with Gasteiger partial charge in [-0.15, -0.1) is 0 Å². The molecule has 9 nitrogen and oxygen atoms in total. The lowest BCUT2D eigenvalue weighted by Crippen LogP contribution is -2.27. The van der Waals surface area contributed by atoms with Crippen LogP contribution in [-0.2, 0) is 20.7 Å². The molecular formula is C37H46FN3O6. The van der Waals surface area contributed by atoms with E-state index in [0.29, 0.717) is 30.5 Å². The number of halogens is 1. The van der Waals surface area contributed by atoms with Crippen molar-refractivity contribution in [2.45, 2.75) is 90.6 Å². The first-order chi connectivity index (χ1) is 22.4. The predicted octanol–water partition coefficient (Wildman–Crippen LogP) is 8.82. The molecule has 4 N–H and O–H groups in total. The molecule has 3 amide bonds. The summed E-state index contributed by atoms with van der Waals surface area (Å²) in [5.41, 5.74) is 1.43. The number of ether oxygens (including phenoxy) is 1. The van der Waals surface area contributed by atoms with Gasteiger partial charge >= 0.3 is 12.1 Å². The van der Waals surface area contributed by atoms with E-state index in [9.17, 15) is 28.7 Å². The molecule has 0 saturated heterocycles. The van der Waals surface area contributed by atoms with Gasteiger partial charge in [-0.3, -0.25) is 19.7 Å². The number of unbranched alkanes of at least 4 members (excludes halogenated alkanes) is 6. The highest BCUT2D eigenvalue weighted by Crippen LogP contribution is 2.25. The topological polar surface area (TPSA) is 134 Å². The fraction of sp³-hybridized carbons (Fsp3) is 0.405. The number of amides is 3. The lowest BCUT2D eigenvalue weighted by atomic mass is 9.93. The first-order valence-corrected chi connectivity index (χ1v) is 16.2. The summed E-state index contributed by atoms with van der Waals surface area (Å²) in [6.45, 7) is 5.11. The average Bonchev–Trinajstić information content (AvgIpc) is 3.00. The highest BCUT2D eigenvalue weighted by Gasteiger charge is 2.19. The smallest absolute Gasteiger partial charge is 0.412 e. The Morgan fingerprint density at radius 1 is 0.766 bits per heavy atom. The number of benzene rings is 3. The molecule has 1 atom stereocenters. The van der Waals surface area contributed by atoms with Gasteiger partial charge in [0.15, 0.2) is 0 Å². The second kappa shape index (κ2) is 18.4. The van der Waals surface area contributed by atoms with E-state index < -0.39 is 29.4 Å². The summed E-state index contributed by atoms with van der Waals surface area (Å²) in [6.07, 6.45) is 7.57. The third kappa shape index (κ3) is 14.1. The van der Waals surface area contributed by atoms with Crippen molar-refractivity contribution in [2.75, 3.05) is 16.0 Å². The van der Waals surface area contributed by atoms with Crippen LogP contribution in [0.2, 0.25) is 0 Å². The highest BCUT2D eigenvalue weighted by atomic mass is 19.1. The van der Waals surface area contributed by atoms with E-state index in [-0.39, 0.29) is 23.2 Å². The van der Waals surface area contributed by atoms with E-state index in [1.807, 2.05) is 30.3 Å². The van der Waals surface area contributed by atoms with Crippen LogP contribution < -0.4 is 16.0 Å². The zero-order chi connectivity index (χ0) is 34.2. The molecule has 252 valence electrons. The fourth-order valence-electron chi connectivity index (χ4n) is 5.04. The third-order valence-electron chi connectivity index (χ3n) is 7.43. The summed E-state index contributed by atoms with van der Waals surface area (Å²) >= 11 is 0. The number of rotatable bonds is 17. The standard InChI is InChI=1S/C37H46FN3O6/c1-37(2,3)47-36(46)41-32-25-29(38)20-23-31(32)40-34(43)27-18-21-30(22-19-27)39-33(42)17-13-8-6-4-5-7-12-16-28(35(44)45)24-26-14-10-9-11-15-26/h9-11,14-15,18-23,25,28H,4-8,12-13,16-17,24H2,1-3H3,(H,39,42)(H,40,43)(H,41,46)(H,44,45). The Kier molecular flexibility index (Phi) is 14.4. The Morgan fingerprint density at radius 2 is 1.40 bits per heavy atom. The van der Waals surface area contributed by atoms with Crippen molar-refractivity contribution in [1.29, 1.82) is 0 Å². The molecule has 0 aromatic heterocycles. The summed E-state index contributed by atoms with van der Waals surface area (Å²) in [6, 6.07) is 19.7. The van der Waals surface area contributed by atoms with Gasteiger partial charge in [-0.1, -0.05) is 68.9 Å². The number of hydrogen-bond donors (Lipinski definition) is 4. The number of hydrogen-bond acceptors (Lipinski definition) is 5. The molecule has 0 saturated carbocycles. The zero-order valence-electron chi connectivity index (χ0n) is 27.4. The molecule has 3 aromatic rings. The quantitative estimate of drug-likeness (QED) is 0.108. The normalized spacial score (nSPS) is 11.7. The number of carboxylic acids is 1. The van der Waals surface area contributed by atoms with Gasteiger partial charge in [-0.2, -0.15) is 0 Å². The van der Waals surface area contributed by atoms with E-state index in [0.717, 1.165) is 56.6 Å². The van der Waals surface area contributed by atoms with Crippen LogP contribution in [-0.4, -0.2) is 34.6 Å². The monoisotopic (exact) mass is 647 g/mol. The van der Waals surface area contributed by atoms with E-state index in [1.165, 1.54) is 12.1 Å². The van der Waals surface area contributed by atoms with E-state index in [2.05, 4.69) is 16.0 Å². The number of carboxylic acid groups (broad SMARTS) is 1. The summed E-state index contributed by atoms with van der Waals surface area (Å²) in [4.78, 5) is 49.1. The maximum atomic E-state index is 13.9. The Labute approximate surface area is 276 Å². The SMILES string of the molecule is CC(C)(C)OC(=O)Nc1cc(F)ccc1NC(=O)c1ccc(NC(=O)CCCCCCCCCC(Cc2ccccc2)C(=O)O)cc1. The number of nitrogens with one attached hydrogen (secondary N) is 3. The number of carbonyl (C=O) groups excluding carboxylic acids is 3. The Hall–Kier alpha value is -4.73. The van der Waals surface area contributed by atoms with Crippen LogP contribution in [0.1, 0.15) is 94.5 Å². The van der Waals surface area contributed by atoms with Crippen molar-refractivity contribution in [3.05, 3.63) is 89.7 Å². The van der Waals surface area contributed by atoms with Crippen molar-refractivity contribution < 1.29 is 33.4 Å². The van der Waals surface area contributed by atoms with Crippen molar-refractivity contribution >= 4 is 40.9 Å². The lowest BCUT2D eigenvalue weighted by molar-refractivity contribution is -0.142. The van der Waals surface area contributed by atoms with E-state index >= 15 is 0 Å². The van der Waals surface area contributed by atoms with Gasteiger partial charge in [0.1, 0.15) is 11.4 Å². The molecule has 0 bridgehead atoms. The fourth-order valence-corrected chi connectivity index (χ4v) is 5.04. The van der Waals surface area contributed by atoms with Crippen LogP contribution in [0.15, 0.2) is 72.8 Å². The van der Waals surface area contributed by atoms with Gasteiger partial charge in [0.05, 0.1) is 17.3 Å². The van der Waals surface area contributed by atoms with E-state index in [4.69, 9.17) is 4.74 Å². The van der Waals surface area contributed by atoms with Gasteiger partial charge in [0.2, 0.25) is 5.91 Å². The second-order valence-corrected chi connectivity index (χ2v) is 12.6. The number of carbonyl (C=O) groups is 4. The maximum absolute atomic E-state index is 13.9. The average molecular weight is 648 g/mol. The summed E-state index contributed by atoms with van der Waals surface area (Å²) in [5.74, 6) is -2.26. The van der Waals surface area contributed by atoms with Gasteiger partial charge in [0.25, 0.3) is 5.91 Å². The van der Waals surface area contributed by atoms with Crippen molar-refractivity contribution in [3.8, 4) is 0 Å². The highest BCUT2D eigenvalue weighted by molar-refractivity contribution is 6.07. The van der Waals surface area contributed by atoms with Gasteiger partial charge in [-0.25, -0.2) is 9.18 Å². The summed E-state index contributed by atoms with van der Waals surface area (Å²) < 4.78 is 19.1. The molecule has 0 heterocycles. The minimum Gasteiger partial charge on any atom is -0.481 e. The van der Waals surface area contributed by atoms with Crippen molar-refractivity contribution in [1.82, 2.24) is 0 Å². The Bertz CT molecular complexity index is 1470. The molecule has 0 fully saturated rings. The summed E-state index contributed by atoms with van der Waals surface area (Å²) in [5, 5.41) is 17.5. The molecular weight excluding hydrogens is 601 g/mol. The third-order valence-corrected chi connectivity index (χ3v) is 7.43. The van der Waals surface area contributed by atoms with Crippen LogP contribution in [0.5, 0.6) is 0 Å². The molecule has 0 aliphatic rings. The zero-order valence-corrected chi connectivity index (χ0v) is 27.4. The van der Waals surface area contributed by atoms with Crippen molar-refractivity contribution in [2.24, 2.45) is 5.92 Å². The van der Waals surface area contributed by atoms with Crippen LogP contribution >= 0.6 is 0 Å². The van der Waals surface area contributed by atoms with Crippen molar-refractivity contribution in [3.63, 3.8) is 0 Å². The number of aliphatic carboxylic acids is 1. The van der Waals surface area contributed by atoms with E-state index in [1.54, 1.807) is 45.0 Å². The molecule has 0 spiro atoms. The molecule has 47 heavy (non-hydrogen) atoms. The lowest BCUT2D eigenvalue weighted by Gasteiger charge is -2.20. The van der Waals surface area contributed by atoms with Crippen LogP contribution in [0.25, 0.3) is 0 Å². The second-order valence-electron chi connectivity index (χ2n) is 12.6. The Balaban J connectivity index is 1.33. The predicted molar refractivity (Wildman–Crippen MR) is 182 cm³/mol. The molecule has 1 unspecified atom stereocenters. The van der Waals surface area contributed by atoms with Gasteiger partial charge in [0, 0.05) is 17.7 Å². The molecule has 0 radical (unpaired) electrons. The molecule has 0 aliphatic heterocycles. The molecule has 3 aromatic carbocycles. The first kappa shape index (κ1) is 36.7. The number of anilines is 3. The van der Waals surface area contributed by atoms with Crippen LogP contribution in [0.4, 0.5) is 26.2 Å². The molecule has 10 heteroatoms. The largest absolute Gasteiger partial charge is 0.481 e. The molecule has 3 rings (SSSR count). The van der Waals surface area contributed by atoms with Gasteiger partial charge in [-0.05, 0) is 88.1 Å². The maximum Gasteiger partial charge on any atom is 0.412 e. The first-order valence-electron chi connectivity index (χ1n) is 16.2. The summed E-state index contributed by atoms with van der Waals surface area (Å²) in [7, 11) is 0. The minimum absolute atomic E-state index is 0.0555. The van der Waals surface area contributed by atoms with Crippen LogP contribution in [0.3, 0.4) is 0 Å². The van der Waals surface area contributed by atoms with Gasteiger partial charge < -0.3 is 20.5 Å². The van der Waals surface area contributed by atoms with Crippen LogP contribution in [0, 0.1) is 11.7 Å². The molecule has 0 aliphatic carbocycles. The minimum atomic E-state index is -0.781.